The molecule has 9 nitrogen and oxygen atoms in total. The Bertz CT molecular complexity index is 1320. The molecule has 2 aromatic carbocycles. The fourth-order valence-corrected chi connectivity index (χ4v) is 4.07. The second-order valence-corrected chi connectivity index (χ2v) is 7.79. The van der Waals surface area contributed by atoms with Crippen LogP contribution in [-0.4, -0.2) is 39.9 Å². The van der Waals surface area contributed by atoms with E-state index in [2.05, 4.69) is 19.9 Å². The largest absolute Gasteiger partial charge is 0.328 e. The van der Waals surface area contributed by atoms with Crippen molar-refractivity contribution in [3.63, 3.8) is 0 Å². The van der Waals surface area contributed by atoms with Crippen LogP contribution in [0, 0.1) is 11.7 Å². The summed E-state index contributed by atoms with van der Waals surface area (Å²) in [6.07, 6.45) is 1.34. The molecule has 0 saturated carbocycles. The molecule has 1 aliphatic rings. The van der Waals surface area contributed by atoms with Crippen LogP contribution in [0.2, 0.25) is 0 Å². The number of aromatic amines is 1. The monoisotopic (exact) mass is 436 g/mol. The van der Waals surface area contributed by atoms with Gasteiger partial charge in [-0.25, -0.2) is 9.18 Å². The number of benzene rings is 2. The minimum absolute atomic E-state index is 0.0203. The molecule has 32 heavy (non-hydrogen) atoms. The third-order valence-corrected chi connectivity index (χ3v) is 5.85. The zero-order valence-electron chi connectivity index (χ0n) is 17.2. The van der Waals surface area contributed by atoms with Gasteiger partial charge in [-0.2, -0.15) is 0 Å². The number of Topliss-reactive ketones (excluding diaryl/α,β-unsaturated/α-hetero) is 1. The third kappa shape index (κ3) is 4.46. The Balaban J connectivity index is 1.40. The number of ketones is 1. The number of rotatable bonds is 6. The van der Waals surface area contributed by atoms with Crippen molar-refractivity contribution >= 4 is 22.4 Å². The number of hydrogen-bond donors (Lipinski definition) is 1. The van der Waals surface area contributed by atoms with Gasteiger partial charge in [0.1, 0.15) is 5.82 Å². The summed E-state index contributed by atoms with van der Waals surface area (Å²) in [5.74, 6) is -0.466. The highest BCUT2D eigenvalue weighted by Gasteiger charge is 2.25. The van der Waals surface area contributed by atoms with Gasteiger partial charge in [0.25, 0.3) is 5.56 Å². The van der Waals surface area contributed by atoms with E-state index < -0.39 is 11.2 Å². The first kappa shape index (κ1) is 21.5. The molecule has 1 aromatic heterocycles. The maximum absolute atomic E-state index is 13.1. The minimum Gasteiger partial charge on any atom is -0.307 e. The minimum atomic E-state index is -0.526. The first-order chi connectivity index (χ1) is 15.5. The molecule has 0 spiro atoms. The Morgan fingerprint density at radius 3 is 2.53 bits per heavy atom. The average Bonchev–Trinajstić information content (AvgIpc) is 2.79. The van der Waals surface area contributed by atoms with E-state index in [1.165, 1.54) is 42.5 Å². The summed E-state index contributed by atoms with van der Waals surface area (Å²) in [5.41, 5.74) is 8.75. The van der Waals surface area contributed by atoms with Gasteiger partial charge in [-0.05, 0) is 67.9 Å². The number of carbonyl (C=O) groups is 1. The highest BCUT2D eigenvalue weighted by molar-refractivity contribution is 5.97. The van der Waals surface area contributed by atoms with E-state index in [1.54, 1.807) is 0 Å². The van der Waals surface area contributed by atoms with Crippen LogP contribution in [0.1, 0.15) is 23.2 Å². The second-order valence-electron chi connectivity index (χ2n) is 7.79. The molecule has 10 heteroatoms. The van der Waals surface area contributed by atoms with Crippen LogP contribution in [0.5, 0.6) is 0 Å². The summed E-state index contributed by atoms with van der Waals surface area (Å²) < 4.78 is 14.2. The van der Waals surface area contributed by atoms with E-state index in [0.717, 1.165) is 4.57 Å². The number of likely N-dealkylation sites (tertiary alicyclic amines) is 1. The van der Waals surface area contributed by atoms with Gasteiger partial charge in [-0.1, -0.05) is 11.2 Å². The van der Waals surface area contributed by atoms with Crippen molar-refractivity contribution in [3.05, 3.63) is 85.1 Å². The zero-order valence-corrected chi connectivity index (χ0v) is 17.2. The number of fused-ring (bicyclic) bond motifs is 1. The van der Waals surface area contributed by atoms with Gasteiger partial charge >= 0.3 is 5.69 Å². The van der Waals surface area contributed by atoms with Crippen LogP contribution in [0.25, 0.3) is 21.3 Å². The Hall–Kier alpha value is -3.75. The van der Waals surface area contributed by atoms with Gasteiger partial charge in [0.15, 0.2) is 5.78 Å². The van der Waals surface area contributed by atoms with Crippen LogP contribution >= 0.6 is 0 Å². The number of piperidine rings is 1. The van der Waals surface area contributed by atoms with Gasteiger partial charge in [-0.3, -0.25) is 14.2 Å². The van der Waals surface area contributed by atoms with Crippen molar-refractivity contribution in [1.82, 2.24) is 14.5 Å². The topological polar surface area (TPSA) is 124 Å². The van der Waals surface area contributed by atoms with Gasteiger partial charge in [0.2, 0.25) is 0 Å². The highest BCUT2D eigenvalue weighted by atomic mass is 19.1. The first-order valence-corrected chi connectivity index (χ1v) is 10.3. The summed E-state index contributed by atoms with van der Waals surface area (Å²) in [6, 6.07) is 10.1. The summed E-state index contributed by atoms with van der Waals surface area (Å²) in [5, 5.41) is 3.82. The molecule has 0 amide bonds. The van der Waals surface area contributed by atoms with E-state index >= 15 is 0 Å². The SMILES string of the molecule is [N-]=[N+]=Nc1ccc2c(=O)n(CCN3CCC(C(=O)c4ccc(F)cc4)CC3)c(=O)[nH]c2c1. The van der Waals surface area contributed by atoms with Crippen LogP contribution < -0.4 is 11.2 Å². The lowest BCUT2D eigenvalue weighted by atomic mass is 9.89. The van der Waals surface area contributed by atoms with Crippen molar-refractivity contribution in [1.29, 1.82) is 0 Å². The summed E-state index contributed by atoms with van der Waals surface area (Å²) in [6.45, 7) is 2.07. The van der Waals surface area contributed by atoms with E-state index in [9.17, 15) is 18.8 Å². The molecule has 4 rings (SSSR count). The summed E-state index contributed by atoms with van der Waals surface area (Å²) in [7, 11) is 0. The van der Waals surface area contributed by atoms with E-state index in [4.69, 9.17) is 5.53 Å². The fourth-order valence-electron chi connectivity index (χ4n) is 4.07. The molecule has 0 aliphatic carbocycles. The molecular weight excluding hydrogens is 415 g/mol. The number of halogens is 1. The molecule has 2 heterocycles. The van der Waals surface area contributed by atoms with Gasteiger partial charge < -0.3 is 9.88 Å². The van der Waals surface area contributed by atoms with Gasteiger partial charge in [0, 0.05) is 35.2 Å². The maximum atomic E-state index is 13.1. The Kier molecular flexibility index (Phi) is 6.16. The van der Waals surface area contributed by atoms with Crippen molar-refractivity contribution in [2.45, 2.75) is 19.4 Å². The van der Waals surface area contributed by atoms with Crippen molar-refractivity contribution in [2.75, 3.05) is 19.6 Å². The lowest BCUT2D eigenvalue weighted by Gasteiger charge is -2.31. The third-order valence-electron chi connectivity index (χ3n) is 5.85. The molecule has 1 aliphatic heterocycles. The summed E-state index contributed by atoms with van der Waals surface area (Å²) in [4.78, 5) is 45.3. The molecule has 1 fully saturated rings. The molecule has 1 saturated heterocycles. The molecule has 0 radical (unpaired) electrons. The van der Waals surface area contributed by atoms with Crippen molar-refractivity contribution in [3.8, 4) is 0 Å². The predicted molar refractivity (Wildman–Crippen MR) is 118 cm³/mol. The Morgan fingerprint density at radius 2 is 1.84 bits per heavy atom. The standard InChI is InChI=1S/C22H21FN6O3/c23-16-3-1-14(2-4-16)20(30)15-7-9-28(10-8-15)11-12-29-21(31)18-6-5-17(26-27-24)13-19(18)25-22(29)32/h1-6,13,15H,7-12H2,(H,25,32). The number of aromatic nitrogens is 2. The maximum Gasteiger partial charge on any atom is 0.328 e. The quantitative estimate of drug-likeness (QED) is 0.275. The lowest BCUT2D eigenvalue weighted by Crippen LogP contribution is -2.42. The van der Waals surface area contributed by atoms with Crippen LogP contribution in [0.15, 0.2) is 57.2 Å². The second kappa shape index (κ2) is 9.17. The number of azide groups is 1. The zero-order chi connectivity index (χ0) is 22.7. The number of nitrogens with zero attached hydrogens (tertiary/aromatic N) is 5. The molecule has 0 bridgehead atoms. The highest BCUT2D eigenvalue weighted by Crippen LogP contribution is 2.22. The Morgan fingerprint density at radius 1 is 1.12 bits per heavy atom. The molecule has 0 unspecified atom stereocenters. The number of nitrogens with one attached hydrogen (secondary N) is 1. The molecule has 1 N–H and O–H groups in total. The number of hydrogen-bond acceptors (Lipinski definition) is 5. The Labute approximate surface area is 181 Å². The normalized spacial score (nSPS) is 14.9. The van der Waals surface area contributed by atoms with Gasteiger partial charge in [0.05, 0.1) is 10.9 Å². The number of H-pyrrole nitrogens is 1. The average molecular weight is 436 g/mol. The van der Waals surface area contributed by atoms with E-state index in [-0.39, 0.29) is 24.1 Å². The predicted octanol–water partition coefficient (Wildman–Crippen LogP) is 3.37. The lowest BCUT2D eigenvalue weighted by molar-refractivity contribution is 0.0837. The summed E-state index contributed by atoms with van der Waals surface area (Å²) >= 11 is 0. The van der Waals surface area contributed by atoms with E-state index in [0.29, 0.717) is 54.6 Å². The molecule has 0 atom stereocenters. The molecule has 164 valence electrons. The fraction of sp³-hybridized carbons (Fsp3) is 0.318. The van der Waals surface area contributed by atoms with Crippen molar-refractivity contribution in [2.24, 2.45) is 11.0 Å². The van der Waals surface area contributed by atoms with Crippen molar-refractivity contribution < 1.29 is 9.18 Å². The van der Waals surface area contributed by atoms with Crippen LogP contribution in [-0.2, 0) is 6.54 Å². The smallest absolute Gasteiger partial charge is 0.307 e. The first-order valence-electron chi connectivity index (χ1n) is 10.3. The number of carbonyl (C=O) groups excluding carboxylic acids is 1. The molecular formula is C22H21FN6O3. The molecule has 3 aromatic rings. The van der Waals surface area contributed by atoms with E-state index in [1.807, 2.05) is 0 Å². The van der Waals surface area contributed by atoms with Crippen LogP contribution in [0.4, 0.5) is 10.1 Å². The van der Waals surface area contributed by atoms with Gasteiger partial charge in [-0.15, -0.1) is 0 Å². The van der Waals surface area contributed by atoms with Crippen LogP contribution in [0.3, 0.4) is 0 Å².